The summed E-state index contributed by atoms with van der Waals surface area (Å²) in [6.45, 7) is 2.14. The molecule has 1 amide bonds. The third kappa shape index (κ3) is 4.13. The van der Waals surface area contributed by atoms with Gasteiger partial charge in [0, 0.05) is 36.4 Å². The van der Waals surface area contributed by atoms with Crippen molar-refractivity contribution in [2.75, 3.05) is 6.54 Å². The van der Waals surface area contributed by atoms with E-state index >= 15 is 0 Å². The highest BCUT2D eigenvalue weighted by Gasteiger charge is 2.46. The lowest BCUT2D eigenvalue weighted by atomic mass is 9.95. The van der Waals surface area contributed by atoms with E-state index in [0.29, 0.717) is 12.0 Å². The van der Waals surface area contributed by atoms with Crippen LogP contribution >= 0.6 is 0 Å². The molecule has 2 aromatic carbocycles. The van der Waals surface area contributed by atoms with Crippen LogP contribution in [0, 0.1) is 20.2 Å². The molecule has 3 rings (SSSR count). The van der Waals surface area contributed by atoms with Gasteiger partial charge in [0.2, 0.25) is 0 Å². The van der Waals surface area contributed by atoms with Crippen LogP contribution in [-0.2, 0) is 9.59 Å². The van der Waals surface area contributed by atoms with Gasteiger partial charge in [-0.2, -0.15) is 0 Å². The average Bonchev–Trinajstić information content (AvgIpc) is 3.02. The van der Waals surface area contributed by atoms with Crippen molar-refractivity contribution in [3.05, 3.63) is 85.5 Å². The number of amides is 1. The summed E-state index contributed by atoms with van der Waals surface area (Å²) < 4.78 is 0. The molecule has 10 heteroatoms. The van der Waals surface area contributed by atoms with E-state index in [0.717, 1.165) is 6.42 Å². The van der Waals surface area contributed by atoms with Gasteiger partial charge in [0.15, 0.2) is 0 Å². The zero-order valence-corrected chi connectivity index (χ0v) is 16.6. The Balaban J connectivity index is 2.17. The second-order valence-electron chi connectivity index (χ2n) is 7.00. The van der Waals surface area contributed by atoms with E-state index in [4.69, 9.17) is 0 Å². The zero-order chi connectivity index (χ0) is 22.7. The Labute approximate surface area is 176 Å². The molecule has 1 N–H and O–H groups in total. The smallest absolute Gasteiger partial charge is 0.295 e. The van der Waals surface area contributed by atoms with Crippen LogP contribution in [0.5, 0.6) is 0 Å². The van der Waals surface area contributed by atoms with Gasteiger partial charge in [-0.1, -0.05) is 25.5 Å². The van der Waals surface area contributed by atoms with E-state index in [2.05, 4.69) is 0 Å². The van der Waals surface area contributed by atoms with Crippen molar-refractivity contribution in [3.63, 3.8) is 0 Å². The third-order valence-electron chi connectivity index (χ3n) is 5.04. The molecule has 31 heavy (non-hydrogen) atoms. The van der Waals surface area contributed by atoms with Gasteiger partial charge >= 0.3 is 0 Å². The summed E-state index contributed by atoms with van der Waals surface area (Å²) in [5, 5.41) is 33.0. The maximum absolute atomic E-state index is 12.8. The quantitative estimate of drug-likeness (QED) is 0.234. The highest BCUT2D eigenvalue weighted by atomic mass is 16.6. The number of hydrogen-bond donors (Lipinski definition) is 1. The van der Waals surface area contributed by atoms with E-state index in [1.165, 1.54) is 47.4 Å². The fourth-order valence-corrected chi connectivity index (χ4v) is 3.49. The lowest BCUT2D eigenvalue weighted by Gasteiger charge is -2.25. The molecule has 0 aromatic heterocycles. The highest BCUT2D eigenvalue weighted by Crippen LogP contribution is 2.40. The van der Waals surface area contributed by atoms with Crippen LogP contribution < -0.4 is 0 Å². The summed E-state index contributed by atoms with van der Waals surface area (Å²) in [6, 6.07) is 9.42. The van der Waals surface area contributed by atoms with Gasteiger partial charge in [-0.05, 0) is 24.1 Å². The Kier molecular flexibility index (Phi) is 6.10. The number of carbonyl (C=O) groups is 2. The molecule has 10 nitrogen and oxygen atoms in total. The van der Waals surface area contributed by atoms with Crippen molar-refractivity contribution < 1.29 is 24.5 Å². The second-order valence-corrected chi connectivity index (χ2v) is 7.00. The van der Waals surface area contributed by atoms with Crippen LogP contribution in [-0.4, -0.2) is 38.1 Å². The number of benzene rings is 2. The van der Waals surface area contributed by atoms with Crippen LogP contribution in [0.3, 0.4) is 0 Å². The van der Waals surface area contributed by atoms with Gasteiger partial charge in [0.25, 0.3) is 23.1 Å². The molecule has 1 fully saturated rings. The topological polar surface area (TPSA) is 144 Å². The highest BCUT2D eigenvalue weighted by molar-refractivity contribution is 6.46. The number of non-ortho nitro benzene ring substituents is 2. The molecule has 1 heterocycles. The third-order valence-corrected chi connectivity index (χ3v) is 5.04. The molecule has 0 bridgehead atoms. The number of nitrogens with zero attached hydrogens (tertiary/aromatic N) is 3. The van der Waals surface area contributed by atoms with E-state index in [1.54, 1.807) is 6.07 Å². The number of nitro benzene ring substituents is 2. The Morgan fingerprint density at radius 3 is 2.26 bits per heavy atom. The van der Waals surface area contributed by atoms with Crippen LogP contribution in [0.2, 0.25) is 0 Å². The number of carbonyl (C=O) groups excluding carboxylic acids is 2. The van der Waals surface area contributed by atoms with Gasteiger partial charge in [-0.3, -0.25) is 29.8 Å². The minimum Gasteiger partial charge on any atom is -0.507 e. The predicted molar refractivity (Wildman–Crippen MR) is 110 cm³/mol. The number of likely N-dealkylation sites (tertiary alicyclic amines) is 1. The standard InChI is InChI=1S/C21H19N3O7/c1-2-3-11-22-18(14-5-4-6-16(12-14)24(30)31)17(20(26)21(22)27)19(25)13-7-9-15(10-8-13)23(28)29/h4-10,12,18,25H,2-3,11H2,1H3/t18-/m1/s1. The molecule has 2 aromatic rings. The number of hydrogen-bond acceptors (Lipinski definition) is 7. The summed E-state index contributed by atoms with van der Waals surface area (Å²) in [6.07, 6.45) is 1.34. The fourth-order valence-electron chi connectivity index (χ4n) is 3.49. The number of Topliss-reactive ketones (excluding diaryl/α,β-unsaturated/α-hetero) is 1. The Morgan fingerprint density at radius 1 is 1.03 bits per heavy atom. The van der Waals surface area contributed by atoms with Crippen molar-refractivity contribution in [3.8, 4) is 0 Å². The van der Waals surface area contributed by atoms with Crippen LogP contribution in [0.25, 0.3) is 5.76 Å². The zero-order valence-electron chi connectivity index (χ0n) is 16.6. The van der Waals surface area contributed by atoms with Crippen molar-refractivity contribution in [2.24, 2.45) is 0 Å². The molecule has 1 saturated heterocycles. The number of aliphatic hydroxyl groups is 1. The average molecular weight is 425 g/mol. The number of rotatable bonds is 7. The first-order chi connectivity index (χ1) is 14.8. The second kappa shape index (κ2) is 8.74. The molecule has 160 valence electrons. The lowest BCUT2D eigenvalue weighted by molar-refractivity contribution is -0.385. The summed E-state index contributed by atoms with van der Waals surface area (Å²) in [7, 11) is 0. The Morgan fingerprint density at radius 2 is 1.68 bits per heavy atom. The Hall–Kier alpha value is -4.08. The number of unbranched alkanes of at least 4 members (excludes halogenated alkanes) is 1. The summed E-state index contributed by atoms with van der Waals surface area (Å²) in [5.41, 5.74) is -0.193. The van der Waals surface area contributed by atoms with Crippen molar-refractivity contribution >= 4 is 28.8 Å². The molecular weight excluding hydrogens is 406 g/mol. The van der Waals surface area contributed by atoms with Crippen molar-refractivity contribution in [1.29, 1.82) is 0 Å². The molecular formula is C21H19N3O7. The summed E-state index contributed by atoms with van der Waals surface area (Å²) in [5.74, 6) is -2.22. The number of aliphatic hydroxyl groups excluding tert-OH is 1. The minimum atomic E-state index is -1.01. The first-order valence-corrected chi connectivity index (χ1v) is 9.53. The molecule has 1 atom stereocenters. The van der Waals surface area contributed by atoms with Gasteiger partial charge in [0.1, 0.15) is 5.76 Å². The van der Waals surface area contributed by atoms with Gasteiger partial charge in [-0.25, -0.2) is 0 Å². The number of ketones is 1. The van der Waals surface area contributed by atoms with Crippen molar-refractivity contribution in [1.82, 2.24) is 4.90 Å². The number of nitro groups is 2. The van der Waals surface area contributed by atoms with Crippen LogP contribution in [0.4, 0.5) is 11.4 Å². The van der Waals surface area contributed by atoms with E-state index < -0.39 is 33.3 Å². The molecule has 1 aliphatic heterocycles. The van der Waals surface area contributed by atoms with E-state index in [1.807, 2.05) is 6.92 Å². The maximum Gasteiger partial charge on any atom is 0.295 e. The van der Waals surface area contributed by atoms with Gasteiger partial charge in [0.05, 0.1) is 21.5 Å². The Bertz CT molecular complexity index is 1090. The van der Waals surface area contributed by atoms with Crippen LogP contribution in [0.15, 0.2) is 54.1 Å². The predicted octanol–water partition coefficient (Wildman–Crippen LogP) is 3.72. The molecule has 0 saturated carbocycles. The maximum atomic E-state index is 12.8. The fraction of sp³-hybridized carbons (Fsp3) is 0.238. The normalized spacial score (nSPS) is 17.7. The monoisotopic (exact) mass is 425 g/mol. The first kappa shape index (κ1) is 21.6. The first-order valence-electron chi connectivity index (χ1n) is 9.53. The van der Waals surface area contributed by atoms with E-state index in [9.17, 15) is 34.9 Å². The molecule has 0 radical (unpaired) electrons. The van der Waals surface area contributed by atoms with Gasteiger partial charge < -0.3 is 10.0 Å². The van der Waals surface area contributed by atoms with Crippen LogP contribution in [0.1, 0.15) is 36.9 Å². The summed E-state index contributed by atoms with van der Waals surface area (Å²) >= 11 is 0. The molecule has 0 aliphatic carbocycles. The molecule has 1 aliphatic rings. The minimum absolute atomic E-state index is 0.120. The van der Waals surface area contributed by atoms with E-state index in [-0.39, 0.29) is 29.1 Å². The van der Waals surface area contributed by atoms with Crippen molar-refractivity contribution in [2.45, 2.75) is 25.8 Å². The SMILES string of the molecule is CCCCN1C(=O)C(=O)C(=C(O)c2ccc([N+](=O)[O-])cc2)[C@H]1c1cccc([N+](=O)[O-])c1. The lowest BCUT2D eigenvalue weighted by Crippen LogP contribution is -2.30. The molecule has 0 spiro atoms. The molecule has 0 unspecified atom stereocenters. The van der Waals surface area contributed by atoms with Gasteiger partial charge in [-0.15, -0.1) is 0 Å². The largest absolute Gasteiger partial charge is 0.507 e. The summed E-state index contributed by atoms with van der Waals surface area (Å²) in [4.78, 5) is 47.7.